The van der Waals surface area contributed by atoms with Gasteiger partial charge >= 0.3 is 6.09 Å². The van der Waals surface area contributed by atoms with Gasteiger partial charge in [-0.15, -0.1) is 0 Å². The zero-order valence-corrected chi connectivity index (χ0v) is 20.8. The molecule has 3 unspecified atom stereocenters. The van der Waals surface area contributed by atoms with Crippen molar-refractivity contribution in [2.75, 3.05) is 19.9 Å². The van der Waals surface area contributed by atoms with Crippen LogP contribution in [0.2, 0.25) is 0 Å². The Balaban J connectivity index is 1.28. The van der Waals surface area contributed by atoms with Crippen LogP contribution in [0, 0.1) is 0 Å². The summed E-state index contributed by atoms with van der Waals surface area (Å²) in [7, 11) is -3.96. The predicted octanol–water partition coefficient (Wildman–Crippen LogP) is 1.31. The maximum atomic E-state index is 13.5. The molecule has 13 heteroatoms. The minimum absolute atomic E-state index is 0.00924. The number of carbonyl (C=O) groups excluding carboxylic acids is 3. The summed E-state index contributed by atoms with van der Waals surface area (Å²) in [6, 6.07) is 5.07. The van der Waals surface area contributed by atoms with E-state index in [1.807, 2.05) is 6.92 Å². The third kappa shape index (κ3) is 4.71. The van der Waals surface area contributed by atoms with Gasteiger partial charge < -0.3 is 24.4 Å². The largest absolute Gasteiger partial charge is 0.454 e. The molecule has 3 atom stereocenters. The molecule has 4 heterocycles. The van der Waals surface area contributed by atoms with E-state index in [4.69, 9.17) is 14.2 Å². The minimum atomic E-state index is -3.96. The Morgan fingerprint density at radius 3 is 2.81 bits per heavy atom. The van der Waals surface area contributed by atoms with E-state index < -0.39 is 40.1 Å². The number of benzene rings is 1. The van der Waals surface area contributed by atoms with E-state index in [0.29, 0.717) is 30.8 Å². The quantitative estimate of drug-likeness (QED) is 0.560. The van der Waals surface area contributed by atoms with E-state index in [9.17, 15) is 22.8 Å². The average Bonchev–Trinajstić information content (AvgIpc) is 3.61. The van der Waals surface area contributed by atoms with Crippen molar-refractivity contribution in [2.45, 2.75) is 49.2 Å². The molecule has 1 N–H and O–H groups in total. The van der Waals surface area contributed by atoms with Crippen molar-refractivity contribution in [1.82, 2.24) is 19.5 Å². The van der Waals surface area contributed by atoms with E-state index in [1.165, 1.54) is 35.5 Å². The van der Waals surface area contributed by atoms with Crippen LogP contribution in [0.5, 0.6) is 17.2 Å². The number of hydrogen-bond acceptors (Lipinski definition) is 9. The smallest absolute Gasteiger partial charge is 0.413 e. The molecule has 2 fully saturated rings. The number of rotatable bonds is 7. The van der Waals surface area contributed by atoms with Gasteiger partial charge in [0.25, 0.3) is 0 Å². The first-order chi connectivity index (χ1) is 17.8. The number of nitrogens with zero attached hydrogens (tertiary/aromatic N) is 3. The SMILES string of the molecule is CCCC(NC(=O)Oc1ccc2c(c1)OCO2)C(=O)N1CCC2C1C(=O)CN2S(=O)(=O)c1cccnc1. The molecule has 5 rings (SSSR count). The summed E-state index contributed by atoms with van der Waals surface area (Å²) >= 11 is 0. The highest BCUT2D eigenvalue weighted by Gasteiger charge is 2.54. The minimum Gasteiger partial charge on any atom is -0.454 e. The van der Waals surface area contributed by atoms with Gasteiger partial charge in [0, 0.05) is 25.0 Å². The van der Waals surface area contributed by atoms with Crippen LogP contribution in [0.1, 0.15) is 26.2 Å². The molecule has 196 valence electrons. The van der Waals surface area contributed by atoms with Gasteiger partial charge in [-0.05, 0) is 37.1 Å². The Kier molecular flexibility index (Phi) is 6.73. The molecule has 1 aromatic carbocycles. The molecule has 1 aromatic heterocycles. The third-order valence-electron chi connectivity index (χ3n) is 6.62. The lowest BCUT2D eigenvalue weighted by atomic mass is 10.1. The van der Waals surface area contributed by atoms with Crippen molar-refractivity contribution in [3.8, 4) is 17.2 Å². The number of fused-ring (bicyclic) bond motifs is 2. The fourth-order valence-electron chi connectivity index (χ4n) is 4.94. The molecule has 0 bridgehead atoms. The maximum Gasteiger partial charge on any atom is 0.413 e. The van der Waals surface area contributed by atoms with Gasteiger partial charge in [-0.25, -0.2) is 13.2 Å². The van der Waals surface area contributed by atoms with Gasteiger partial charge in [0.05, 0.1) is 12.6 Å². The van der Waals surface area contributed by atoms with Gasteiger partial charge in [-0.2, -0.15) is 4.31 Å². The number of nitrogens with one attached hydrogen (secondary N) is 1. The van der Waals surface area contributed by atoms with Gasteiger partial charge in [0.15, 0.2) is 17.3 Å². The van der Waals surface area contributed by atoms with Crippen LogP contribution in [0.25, 0.3) is 0 Å². The van der Waals surface area contributed by atoms with Crippen LogP contribution < -0.4 is 19.5 Å². The lowest BCUT2D eigenvalue weighted by Crippen LogP contribution is -2.53. The van der Waals surface area contributed by atoms with Crippen molar-refractivity contribution in [1.29, 1.82) is 0 Å². The highest BCUT2D eigenvalue weighted by Crippen LogP contribution is 2.36. The topological polar surface area (TPSA) is 144 Å². The molecule has 2 saturated heterocycles. The fraction of sp³-hybridized carbons (Fsp3) is 0.417. The van der Waals surface area contributed by atoms with E-state index in [-0.39, 0.29) is 36.3 Å². The summed E-state index contributed by atoms with van der Waals surface area (Å²) < 4.78 is 43.3. The highest BCUT2D eigenvalue weighted by atomic mass is 32.2. The molecule has 2 aromatic rings. The van der Waals surface area contributed by atoms with Gasteiger partial charge in [-0.1, -0.05) is 13.3 Å². The van der Waals surface area contributed by atoms with Gasteiger partial charge in [0.1, 0.15) is 22.7 Å². The van der Waals surface area contributed by atoms with Crippen molar-refractivity contribution in [3.05, 3.63) is 42.7 Å². The summed E-state index contributed by atoms with van der Waals surface area (Å²) in [5.41, 5.74) is 0. The number of Topliss-reactive ketones (excluding diaryl/α,β-unsaturated/α-hetero) is 1. The summed E-state index contributed by atoms with van der Waals surface area (Å²) in [4.78, 5) is 44.3. The molecule has 0 aliphatic carbocycles. The Hall–Kier alpha value is -3.71. The van der Waals surface area contributed by atoms with E-state index in [0.717, 1.165) is 4.31 Å². The van der Waals surface area contributed by atoms with Gasteiger partial charge in [0.2, 0.25) is 22.7 Å². The normalized spacial score (nSPS) is 21.5. The second kappa shape index (κ2) is 9.98. The molecule has 3 aliphatic rings. The zero-order valence-electron chi connectivity index (χ0n) is 20.0. The maximum absolute atomic E-state index is 13.5. The van der Waals surface area contributed by atoms with Crippen molar-refractivity contribution >= 4 is 27.8 Å². The molecule has 12 nitrogen and oxygen atoms in total. The average molecular weight is 531 g/mol. The number of ketones is 1. The number of carbonyl (C=O) groups is 3. The molecular formula is C24H26N4O8S. The van der Waals surface area contributed by atoms with Crippen LogP contribution in [-0.2, 0) is 19.6 Å². The highest BCUT2D eigenvalue weighted by molar-refractivity contribution is 7.89. The number of hydrogen-bond donors (Lipinski definition) is 1. The van der Waals surface area contributed by atoms with Crippen LogP contribution in [0.4, 0.5) is 4.79 Å². The van der Waals surface area contributed by atoms with Crippen LogP contribution in [-0.4, -0.2) is 78.4 Å². The summed E-state index contributed by atoms with van der Waals surface area (Å²) in [6.07, 6.45) is 3.07. The number of ether oxygens (including phenoxy) is 3. The second-order valence-electron chi connectivity index (χ2n) is 8.93. The zero-order chi connectivity index (χ0) is 26.2. The number of amides is 2. The molecule has 0 spiro atoms. The monoisotopic (exact) mass is 530 g/mol. The number of aromatic nitrogens is 1. The number of pyridine rings is 1. The van der Waals surface area contributed by atoms with E-state index in [2.05, 4.69) is 10.3 Å². The molecule has 37 heavy (non-hydrogen) atoms. The fourth-order valence-corrected chi connectivity index (χ4v) is 6.53. The molecule has 0 radical (unpaired) electrons. The Labute approximate surface area is 213 Å². The summed E-state index contributed by atoms with van der Waals surface area (Å²) in [5.74, 6) is 0.386. The van der Waals surface area contributed by atoms with Crippen molar-refractivity contribution in [2.24, 2.45) is 0 Å². The van der Waals surface area contributed by atoms with Crippen LogP contribution in [0.3, 0.4) is 0 Å². The van der Waals surface area contributed by atoms with E-state index >= 15 is 0 Å². The number of sulfonamides is 1. The summed E-state index contributed by atoms with van der Waals surface area (Å²) in [5, 5.41) is 2.60. The first-order valence-electron chi connectivity index (χ1n) is 11.9. The Morgan fingerprint density at radius 2 is 2.05 bits per heavy atom. The second-order valence-corrected chi connectivity index (χ2v) is 10.8. The first-order valence-corrected chi connectivity index (χ1v) is 13.4. The Bertz CT molecular complexity index is 1320. The summed E-state index contributed by atoms with van der Waals surface area (Å²) in [6.45, 7) is 1.81. The lowest BCUT2D eigenvalue weighted by molar-refractivity contribution is -0.138. The van der Waals surface area contributed by atoms with Gasteiger partial charge in [-0.3, -0.25) is 14.6 Å². The predicted molar refractivity (Wildman–Crippen MR) is 127 cm³/mol. The Morgan fingerprint density at radius 1 is 1.24 bits per heavy atom. The number of likely N-dealkylation sites (tertiary alicyclic amines) is 1. The third-order valence-corrected chi connectivity index (χ3v) is 8.48. The van der Waals surface area contributed by atoms with Crippen molar-refractivity contribution < 1.29 is 37.0 Å². The first kappa shape index (κ1) is 25.0. The lowest BCUT2D eigenvalue weighted by Gasteiger charge is -2.28. The van der Waals surface area contributed by atoms with Crippen LogP contribution in [0.15, 0.2) is 47.6 Å². The molecule has 2 amide bonds. The molecule has 3 aliphatic heterocycles. The van der Waals surface area contributed by atoms with Crippen LogP contribution >= 0.6 is 0 Å². The molecule has 0 saturated carbocycles. The van der Waals surface area contributed by atoms with E-state index in [1.54, 1.807) is 12.1 Å². The molecular weight excluding hydrogens is 504 g/mol. The van der Waals surface area contributed by atoms with Crippen molar-refractivity contribution in [3.63, 3.8) is 0 Å². The standard InChI is InChI=1S/C24H26N4O8S/c1-2-4-17(26-24(31)36-15-6-7-20-21(11-15)35-14-34-20)23(30)27-10-8-18-22(27)19(29)13-28(18)37(32,33)16-5-3-9-25-12-16/h3,5-7,9,11-12,17-18,22H,2,4,8,10,13-14H2,1H3,(H,26,31).